The Morgan fingerprint density at radius 1 is 1.37 bits per heavy atom. The lowest BCUT2D eigenvalue weighted by Gasteiger charge is -2.21. The number of anilines is 1. The van der Waals surface area contributed by atoms with Gasteiger partial charge in [0.15, 0.2) is 11.6 Å². The standard InChI is InChI=1S/C14H16F2N2S/c1-2-19-12-5-3-4-10(12)18-11-7-6-9(8-17)13(15)14(11)16/h6-7,10,12,18H,2-5H2,1H3. The van der Waals surface area contributed by atoms with Gasteiger partial charge >= 0.3 is 0 Å². The summed E-state index contributed by atoms with van der Waals surface area (Å²) in [6.07, 6.45) is 3.19. The molecule has 1 fully saturated rings. The van der Waals surface area contributed by atoms with Gasteiger partial charge < -0.3 is 5.32 Å². The first-order valence-electron chi connectivity index (χ1n) is 6.43. The van der Waals surface area contributed by atoms with Crippen LogP contribution in [0.25, 0.3) is 0 Å². The summed E-state index contributed by atoms with van der Waals surface area (Å²) in [6, 6.07) is 4.58. The van der Waals surface area contributed by atoms with Gasteiger partial charge in [-0.3, -0.25) is 0 Å². The molecule has 1 aromatic rings. The summed E-state index contributed by atoms with van der Waals surface area (Å²) in [6.45, 7) is 2.10. The SMILES string of the molecule is CCSC1CCCC1Nc1ccc(C#N)c(F)c1F. The average Bonchev–Trinajstić information content (AvgIpc) is 2.83. The number of halogens is 2. The fraction of sp³-hybridized carbons (Fsp3) is 0.500. The molecule has 5 heteroatoms. The van der Waals surface area contributed by atoms with Crippen molar-refractivity contribution in [3.8, 4) is 6.07 Å². The van der Waals surface area contributed by atoms with Gasteiger partial charge in [0.25, 0.3) is 0 Å². The summed E-state index contributed by atoms with van der Waals surface area (Å²) >= 11 is 1.85. The van der Waals surface area contributed by atoms with Crippen molar-refractivity contribution in [2.24, 2.45) is 0 Å². The Morgan fingerprint density at radius 3 is 2.84 bits per heavy atom. The van der Waals surface area contributed by atoms with Gasteiger partial charge in [0.1, 0.15) is 6.07 Å². The van der Waals surface area contributed by atoms with Gasteiger partial charge in [-0.05, 0) is 30.7 Å². The predicted molar refractivity (Wildman–Crippen MR) is 74.3 cm³/mol. The van der Waals surface area contributed by atoms with Crippen molar-refractivity contribution in [2.45, 2.75) is 37.5 Å². The van der Waals surface area contributed by atoms with E-state index in [0.29, 0.717) is 5.25 Å². The topological polar surface area (TPSA) is 35.8 Å². The normalized spacial score (nSPS) is 22.2. The van der Waals surface area contributed by atoms with Crippen LogP contribution in [-0.4, -0.2) is 17.0 Å². The molecule has 0 heterocycles. The lowest BCUT2D eigenvalue weighted by molar-refractivity contribution is 0.507. The Bertz CT molecular complexity index is 499. The van der Waals surface area contributed by atoms with Crippen molar-refractivity contribution < 1.29 is 8.78 Å². The van der Waals surface area contributed by atoms with Crippen LogP contribution < -0.4 is 5.32 Å². The maximum atomic E-state index is 13.8. The molecule has 2 unspecified atom stereocenters. The third-order valence-electron chi connectivity index (χ3n) is 3.38. The van der Waals surface area contributed by atoms with Crippen LogP contribution in [0.4, 0.5) is 14.5 Å². The molecule has 0 radical (unpaired) electrons. The van der Waals surface area contributed by atoms with E-state index in [-0.39, 0.29) is 17.3 Å². The summed E-state index contributed by atoms with van der Waals surface area (Å²) in [4.78, 5) is 0. The van der Waals surface area contributed by atoms with E-state index >= 15 is 0 Å². The number of hydrogen-bond donors (Lipinski definition) is 1. The first-order valence-corrected chi connectivity index (χ1v) is 7.48. The van der Waals surface area contributed by atoms with E-state index in [1.807, 2.05) is 11.8 Å². The van der Waals surface area contributed by atoms with E-state index in [0.717, 1.165) is 25.0 Å². The summed E-state index contributed by atoms with van der Waals surface area (Å²) in [5, 5.41) is 12.2. The second kappa shape index (κ2) is 6.25. The van der Waals surface area contributed by atoms with Crippen molar-refractivity contribution in [3.63, 3.8) is 0 Å². The van der Waals surface area contributed by atoms with Gasteiger partial charge in [-0.2, -0.15) is 17.0 Å². The number of hydrogen-bond acceptors (Lipinski definition) is 3. The van der Waals surface area contributed by atoms with Gasteiger partial charge in [-0.25, -0.2) is 8.78 Å². The highest BCUT2D eigenvalue weighted by Crippen LogP contribution is 2.33. The average molecular weight is 282 g/mol. The van der Waals surface area contributed by atoms with Crippen LogP contribution in [0, 0.1) is 23.0 Å². The first-order chi connectivity index (χ1) is 9.17. The zero-order valence-electron chi connectivity index (χ0n) is 10.7. The summed E-state index contributed by atoms with van der Waals surface area (Å²) in [7, 11) is 0. The van der Waals surface area contributed by atoms with E-state index in [9.17, 15) is 8.78 Å². The number of nitriles is 1. The summed E-state index contributed by atoms with van der Waals surface area (Å²) in [5.41, 5.74) is -0.0981. The monoisotopic (exact) mass is 282 g/mol. The summed E-state index contributed by atoms with van der Waals surface area (Å²) < 4.78 is 27.4. The third kappa shape index (κ3) is 3.01. The Labute approximate surface area is 116 Å². The molecule has 2 nitrogen and oxygen atoms in total. The van der Waals surface area contributed by atoms with E-state index < -0.39 is 11.6 Å². The molecule has 0 amide bonds. The van der Waals surface area contributed by atoms with Gasteiger partial charge in [0.05, 0.1) is 11.3 Å². The van der Waals surface area contributed by atoms with Crippen LogP contribution in [0.15, 0.2) is 12.1 Å². The fourth-order valence-corrected chi connectivity index (χ4v) is 3.65. The van der Waals surface area contributed by atoms with Crippen LogP contribution in [0.2, 0.25) is 0 Å². The second-order valence-corrected chi connectivity index (χ2v) is 6.09. The van der Waals surface area contributed by atoms with Gasteiger partial charge in [-0.1, -0.05) is 13.3 Å². The molecule has 19 heavy (non-hydrogen) atoms. The smallest absolute Gasteiger partial charge is 0.183 e. The van der Waals surface area contributed by atoms with Crippen LogP contribution in [0.1, 0.15) is 31.7 Å². The molecule has 1 aliphatic carbocycles. The number of benzene rings is 1. The molecule has 2 rings (SSSR count). The van der Waals surface area contributed by atoms with Crippen LogP contribution in [0.5, 0.6) is 0 Å². The molecule has 0 aromatic heterocycles. The predicted octanol–water partition coefficient (Wildman–Crippen LogP) is 3.92. The van der Waals surface area contributed by atoms with Crippen LogP contribution in [-0.2, 0) is 0 Å². The fourth-order valence-electron chi connectivity index (χ4n) is 2.45. The van der Waals surface area contributed by atoms with E-state index in [4.69, 9.17) is 5.26 Å². The zero-order chi connectivity index (χ0) is 13.8. The summed E-state index contributed by atoms with van der Waals surface area (Å²) in [5.74, 6) is -0.996. The zero-order valence-corrected chi connectivity index (χ0v) is 11.6. The van der Waals surface area contributed by atoms with Crippen molar-refractivity contribution in [2.75, 3.05) is 11.1 Å². The molecule has 0 spiro atoms. The van der Waals surface area contributed by atoms with Gasteiger partial charge in [0.2, 0.25) is 0 Å². The van der Waals surface area contributed by atoms with Crippen molar-refractivity contribution in [1.82, 2.24) is 0 Å². The quantitative estimate of drug-likeness (QED) is 0.909. The highest BCUT2D eigenvalue weighted by molar-refractivity contribution is 7.99. The Kier molecular flexibility index (Phi) is 4.65. The molecule has 1 aliphatic rings. The number of nitrogens with zero attached hydrogens (tertiary/aromatic N) is 1. The Morgan fingerprint density at radius 2 is 2.16 bits per heavy atom. The largest absolute Gasteiger partial charge is 0.379 e. The highest BCUT2D eigenvalue weighted by Gasteiger charge is 2.28. The molecule has 0 saturated heterocycles. The van der Waals surface area contributed by atoms with Crippen molar-refractivity contribution in [1.29, 1.82) is 5.26 Å². The van der Waals surface area contributed by atoms with Crippen LogP contribution in [0.3, 0.4) is 0 Å². The van der Waals surface area contributed by atoms with E-state index in [1.165, 1.54) is 12.1 Å². The number of rotatable bonds is 4. The molecule has 1 saturated carbocycles. The van der Waals surface area contributed by atoms with Crippen molar-refractivity contribution in [3.05, 3.63) is 29.3 Å². The third-order valence-corrected chi connectivity index (χ3v) is 4.70. The maximum Gasteiger partial charge on any atom is 0.183 e. The number of nitrogens with one attached hydrogen (secondary N) is 1. The number of thioether (sulfide) groups is 1. The Balaban J connectivity index is 2.15. The lowest BCUT2D eigenvalue weighted by Crippen LogP contribution is -2.26. The second-order valence-electron chi connectivity index (χ2n) is 4.58. The van der Waals surface area contributed by atoms with E-state index in [2.05, 4.69) is 12.2 Å². The molecule has 2 atom stereocenters. The van der Waals surface area contributed by atoms with E-state index in [1.54, 1.807) is 6.07 Å². The minimum atomic E-state index is -1.06. The van der Waals surface area contributed by atoms with Gasteiger partial charge in [0, 0.05) is 11.3 Å². The first kappa shape index (κ1) is 14.1. The maximum absolute atomic E-state index is 13.8. The highest BCUT2D eigenvalue weighted by atomic mass is 32.2. The molecular formula is C14H16F2N2S. The lowest BCUT2D eigenvalue weighted by atomic mass is 10.1. The molecule has 102 valence electrons. The van der Waals surface area contributed by atoms with Crippen LogP contribution >= 0.6 is 11.8 Å². The molecule has 0 aliphatic heterocycles. The van der Waals surface area contributed by atoms with Crippen molar-refractivity contribution >= 4 is 17.4 Å². The molecule has 1 aromatic carbocycles. The minimum absolute atomic E-state index is 0.158. The molecule has 1 N–H and O–H groups in total. The molecular weight excluding hydrogens is 266 g/mol. The van der Waals surface area contributed by atoms with Gasteiger partial charge in [-0.15, -0.1) is 0 Å². The Hall–Kier alpha value is -1.28. The minimum Gasteiger partial charge on any atom is -0.379 e. The molecule has 0 bridgehead atoms.